The SMILES string of the molecule is O=C1N[C@]2(CCCN2C(=O)c2ccccc2)[C@H](Cc2ccccc2)O1. The van der Waals surface area contributed by atoms with E-state index in [0.29, 0.717) is 24.9 Å². The van der Waals surface area contributed by atoms with Crippen molar-refractivity contribution in [1.29, 1.82) is 0 Å². The summed E-state index contributed by atoms with van der Waals surface area (Å²) in [6.07, 6.45) is 1.28. The van der Waals surface area contributed by atoms with Gasteiger partial charge >= 0.3 is 6.09 Å². The molecule has 2 aromatic rings. The summed E-state index contributed by atoms with van der Waals surface area (Å²) in [5.74, 6) is -0.0676. The molecule has 2 heterocycles. The molecule has 0 saturated carbocycles. The number of benzene rings is 2. The molecule has 1 N–H and O–H groups in total. The molecular weight excluding hydrogens is 316 g/mol. The Balaban J connectivity index is 1.65. The van der Waals surface area contributed by atoms with Gasteiger partial charge in [0.2, 0.25) is 0 Å². The Morgan fingerprint density at radius 1 is 1.12 bits per heavy atom. The van der Waals surface area contributed by atoms with Crippen molar-refractivity contribution in [2.24, 2.45) is 0 Å². The van der Waals surface area contributed by atoms with Gasteiger partial charge in [-0.1, -0.05) is 48.5 Å². The van der Waals surface area contributed by atoms with Crippen molar-refractivity contribution in [3.63, 3.8) is 0 Å². The molecule has 4 rings (SSSR count). The molecule has 0 aromatic heterocycles. The number of nitrogens with one attached hydrogen (secondary N) is 1. The third-order valence-electron chi connectivity index (χ3n) is 5.05. The van der Waals surface area contributed by atoms with Crippen LogP contribution in [0.1, 0.15) is 28.8 Å². The monoisotopic (exact) mass is 336 g/mol. The van der Waals surface area contributed by atoms with E-state index in [-0.39, 0.29) is 5.91 Å². The van der Waals surface area contributed by atoms with Gasteiger partial charge in [0.1, 0.15) is 6.10 Å². The molecule has 2 saturated heterocycles. The highest BCUT2D eigenvalue weighted by Gasteiger charge is 2.56. The van der Waals surface area contributed by atoms with Crippen LogP contribution >= 0.6 is 0 Å². The Labute approximate surface area is 146 Å². The minimum Gasteiger partial charge on any atom is -0.441 e. The van der Waals surface area contributed by atoms with Crippen molar-refractivity contribution in [3.8, 4) is 0 Å². The fraction of sp³-hybridized carbons (Fsp3) is 0.300. The molecule has 128 valence electrons. The zero-order valence-corrected chi connectivity index (χ0v) is 13.9. The summed E-state index contributed by atoms with van der Waals surface area (Å²) >= 11 is 0. The molecule has 0 radical (unpaired) electrons. The lowest BCUT2D eigenvalue weighted by atomic mass is 9.94. The van der Waals surface area contributed by atoms with Gasteiger partial charge in [0, 0.05) is 18.5 Å². The number of hydrogen-bond acceptors (Lipinski definition) is 3. The number of amides is 2. The van der Waals surface area contributed by atoms with Gasteiger partial charge in [0.15, 0.2) is 5.66 Å². The summed E-state index contributed by atoms with van der Waals surface area (Å²) in [6, 6.07) is 19.1. The van der Waals surface area contributed by atoms with Crippen LogP contribution in [0.3, 0.4) is 0 Å². The number of rotatable bonds is 3. The third-order valence-corrected chi connectivity index (χ3v) is 5.05. The van der Waals surface area contributed by atoms with Crippen molar-refractivity contribution in [2.45, 2.75) is 31.0 Å². The average Bonchev–Trinajstić information content (AvgIpc) is 3.20. The molecule has 2 atom stereocenters. The molecule has 2 fully saturated rings. The van der Waals surface area contributed by atoms with Gasteiger partial charge in [0.25, 0.3) is 5.91 Å². The minimum absolute atomic E-state index is 0.0676. The van der Waals surface area contributed by atoms with Gasteiger partial charge < -0.3 is 9.64 Å². The van der Waals surface area contributed by atoms with Crippen LogP contribution < -0.4 is 5.32 Å². The van der Waals surface area contributed by atoms with E-state index in [9.17, 15) is 9.59 Å². The first-order chi connectivity index (χ1) is 12.2. The maximum Gasteiger partial charge on any atom is 0.409 e. The summed E-state index contributed by atoms with van der Waals surface area (Å²) in [7, 11) is 0. The van der Waals surface area contributed by atoms with E-state index >= 15 is 0 Å². The van der Waals surface area contributed by atoms with Gasteiger partial charge in [-0.15, -0.1) is 0 Å². The number of ether oxygens (including phenoxy) is 1. The topological polar surface area (TPSA) is 58.6 Å². The molecule has 0 bridgehead atoms. The van der Waals surface area contributed by atoms with Crippen molar-refractivity contribution < 1.29 is 14.3 Å². The van der Waals surface area contributed by atoms with E-state index in [1.807, 2.05) is 48.5 Å². The second-order valence-corrected chi connectivity index (χ2v) is 6.56. The van der Waals surface area contributed by atoms with Crippen LogP contribution in [0.5, 0.6) is 0 Å². The lowest BCUT2D eigenvalue weighted by Gasteiger charge is -2.37. The number of hydrogen-bond donors (Lipinski definition) is 1. The van der Waals surface area contributed by atoms with E-state index in [2.05, 4.69) is 5.32 Å². The Bertz CT molecular complexity index is 778. The number of carbonyl (C=O) groups is 2. The molecule has 5 nitrogen and oxygen atoms in total. The maximum atomic E-state index is 13.0. The molecule has 2 amide bonds. The number of cyclic esters (lactones) is 1. The van der Waals surface area contributed by atoms with Crippen LogP contribution in [-0.4, -0.2) is 35.2 Å². The number of nitrogens with zero attached hydrogens (tertiary/aromatic N) is 1. The highest BCUT2D eigenvalue weighted by atomic mass is 16.6. The summed E-state index contributed by atoms with van der Waals surface area (Å²) in [5.41, 5.74) is 0.950. The molecule has 5 heteroatoms. The van der Waals surface area contributed by atoms with Crippen LogP contribution in [0.4, 0.5) is 4.79 Å². The lowest BCUT2D eigenvalue weighted by Crippen LogP contribution is -2.60. The van der Waals surface area contributed by atoms with E-state index in [1.165, 1.54) is 0 Å². The average molecular weight is 336 g/mol. The summed E-state index contributed by atoms with van der Waals surface area (Å²) in [5, 5.41) is 2.94. The Morgan fingerprint density at radius 3 is 2.52 bits per heavy atom. The zero-order chi connectivity index (χ0) is 17.3. The first-order valence-corrected chi connectivity index (χ1v) is 8.59. The van der Waals surface area contributed by atoms with Crippen LogP contribution in [-0.2, 0) is 11.2 Å². The molecule has 0 aliphatic carbocycles. The molecule has 25 heavy (non-hydrogen) atoms. The predicted molar refractivity (Wildman–Crippen MR) is 93.0 cm³/mol. The standard InChI is InChI=1S/C20H20N2O3/c23-18(16-10-5-2-6-11-16)22-13-7-12-20(22)17(25-19(24)21-20)14-15-8-3-1-4-9-15/h1-6,8-11,17H,7,12-14H2,(H,21,24)/t17-,20-/m0/s1. The molecule has 0 unspecified atom stereocenters. The minimum atomic E-state index is -0.764. The molecule has 2 aromatic carbocycles. The maximum absolute atomic E-state index is 13.0. The van der Waals surface area contributed by atoms with E-state index in [4.69, 9.17) is 4.74 Å². The quantitative estimate of drug-likeness (QED) is 0.937. The Morgan fingerprint density at radius 2 is 1.80 bits per heavy atom. The largest absolute Gasteiger partial charge is 0.441 e. The molecule has 1 spiro atoms. The smallest absolute Gasteiger partial charge is 0.409 e. The first-order valence-electron chi connectivity index (χ1n) is 8.59. The highest BCUT2D eigenvalue weighted by Crippen LogP contribution is 2.38. The normalized spacial score (nSPS) is 25.0. The Hall–Kier alpha value is -2.82. The summed E-state index contributed by atoms with van der Waals surface area (Å²) in [4.78, 5) is 26.8. The van der Waals surface area contributed by atoms with Crippen LogP contribution in [0.2, 0.25) is 0 Å². The van der Waals surface area contributed by atoms with Crippen LogP contribution in [0.25, 0.3) is 0 Å². The van der Waals surface area contributed by atoms with Gasteiger partial charge in [-0.25, -0.2) is 4.79 Å². The summed E-state index contributed by atoms with van der Waals surface area (Å²) < 4.78 is 5.58. The van der Waals surface area contributed by atoms with Crippen molar-refractivity contribution in [3.05, 3.63) is 71.8 Å². The zero-order valence-electron chi connectivity index (χ0n) is 13.9. The fourth-order valence-corrected chi connectivity index (χ4v) is 3.88. The van der Waals surface area contributed by atoms with E-state index < -0.39 is 17.9 Å². The molecular formula is C20H20N2O3. The number of alkyl carbamates (subject to hydrolysis) is 1. The van der Waals surface area contributed by atoms with E-state index in [0.717, 1.165) is 12.0 Å². The first kappa shape index (κ1) is 15.7. The van der Waals surface area contributed by atoms with Gasteiger partial charge in [-0.2, -0.15) is 0 Å². The third kappa shape index (κ3) is 2.76. The lowest BCUT2D eigenvalue weighted by molar-refractivity contribution is 0.0245. The van der Waals surface area contributed by atoms with Gasteiger partial charge in [0.05, 0.1) is 0 Å². The van der Waals surface area contributed by atoms with Crippen LogP contribution in [0.15, 0.2) is 60.7 Å². The fourth-order valence-electron chi connectivity index (χ4n) is 3.88. The number of carbonyl (C=O) groups excluding carboxylic acids is 2. The van der Waals surface area contributed by atoms with Gasteiger partial charge in [-0.05, 0) is 30.5 Å². The van der Waals surface area contributed by atoms with Crippen molar-refractivity contribution in [1.82, 2.24) is 10.2 Å². The highest BCUT2D eigenvalue weighted by molar-refractivity contribution is 5.95. The van der Waals surface area contributed by atoms with E-state index in [1.54, 1.807) is 17.0 Å². The molecule has 2 aliphatic rings. The number of likely N-dealkylation sites (tertiary alicyclic amines) is 1. The van der Waals surface area contributed by atoms with Crippen molar-refractivity contribution in [2.75, 3.05) is 6.54 Å². The second-order valence-electron chi connectivity index (χ2n) is 6.56. The van der Waals surface area contributed by atoms with Gasteiger partial charge in [-0.3, -0.25) is 10.1 Å². The Kier molecular flexibility index (Phi) is 3.92. The van der Waals surface area contributed by atoms with Crippen LogP contribution in [0, 0.1) is 0 Å². The summed E-state index contributed by atoms with van der Waals surface area (Å²) in [6.45, 7) is 0.614. The predicted octanol–water partition coefficient (Wildman–Crippen LogP) is 2.97. The molecule has 2 aliphatic heterocycles. The second kappa shape index (κ2) is 6.24. The van der Waals surface area contributed by atoms with Crippen molar-refractivity contribution >= 4 is 12.0 Å².